The molecule has 0 unspecified atom stereocenters. The zero-order chi connectivity index (χ0) is 14.7. The molecule has 3 nitrogen and oxygen atoms in total. The predicted octanol–water partition coefficient (Wildman–Crippen LogP) is 3.01. The number of nitrogens with zero attached hydrogens (tertiary/aromatic N) is 3. The van der Waals surface area contributed by atoms with Gasteiger partial charge in [0.05, 0.1) is 0 Å². The number of imidazole rings is 1. The lowest BCUT2D eigenvalue weighted by molar-refractivity contribution is 0.165. The minimum Gasteiger partial charge on any atom is -0.338 e. The topological polar surface area (TPSA) is 21.1 Å². The fourth-order valence-electron chi connectivity index (χ4n) is 3.16. The van der Waals surface area contributed by atoms with E-state index in [0.717, 1.165) is 26.1 Å². The Morgan fingerprint density at radius 1 is 1.29 bits per heavy atom. The fourth-order valence-corrected chi connectivity index (χ4v) is 3.16. The van der Waals surface area contributed by atoms with E-state index in [1.165, 1.54) is 24.2 Å². The molecule has 0 aliphatic carbocycles. The summed E-state index contributed by atoms with van der Waals surface area (Å²) in [6, 6.07) is 6.87. The summed E-state index contributed by atoms with van der Waals surface area (Å²) in [5, 5.41) is 0. The van der Waals surface area contributed by atoms with Crippen LogP contribution in [0.1, 0.15) is 24.2 Å². The van der Waals surface area contributed by atoms with E-state index in [1.807, 2.05) is 24.5 Å². The van der Waals surface area contributed by atoms with Gasteiger partial charge in [0.2, 0.25) is 0 Å². The molecule has 1 aliphatic rings. The first-order valence-electron chi connectivity index (χ1n) is 7.64. The van der Waals surface area contributed by atoms with Crippen molar-refractivity contribution < 1.29 is 4.39 Å². The van der Waals surface area contributed by atoms with Crippen LogP contribution in [0.4, 0.5) is 4.39 Å². The van der Waals surface area contributed by atoms with Crippen LogP contribution >= 0.6 is 0 Å². The van der Waals surface area contributed by atoms with Gasteiger partial charge in [0.1, 0.15) is 11.6 Å². The third-order valence-electron chi connectivity index (χ3n) is 4.31. The molecule has 0 amide bonds. The van der Waals surface area contributed by atoms with Crippen molar-refractivity contribution >= 4 is 0 Å². The molecule has 0 saturated carbocycles. The number of hydrogen-bond donors (Lipinski definition) is 0. The maximum atomic E-state index is 13.0. The van der Waals surface area contributed by atoms with Gasteiger partial charge in [-0.1, -0.05) is 12.1 Å². The minimum absolute atomic E-state index is 0.162. The average Bonchev–Trinajstić information content (AvgIpc) is 2.87. The molecule has 1 saturated heterocycles. The first kappa shape index (κ1) is 14.3. The Morgan fingerprint density at radius 3 is 2.81 bits per heavy atom. The summed E-state index contributed by atoms with van der Waals surface area (Å²) in [6.45, 7) is 3.15. The Bertz CT molecular complexity index is 576. The highest BCUT2D eigenvalue weighted by atomic mass is 19.1. The number of halogens is 1. The zero-order valence-electron chi connectivity index (χ0n) is 12.5. The highest BCUT2D eigenvalue weighted by Gasteiger charge is 2.21. The van der Waals surface area contributed by atoms with Gasteiger partial charge in [-0.05, 0) is 43.0 Å². The Kier molecular flexibility index (Phi) is 4.34. The van der Waals surface area contributed by atoms with Gasteiger partial charge in [0.25, 0.3) is 0 Å². The van der Waals surface area contributed by atoms with E-state index in [-0.39, 0.29) is 5.82 Å². The second-order valence-electron chi connectivity index (χ2n) is 6.03. The maximum Gasteiger partial charge on any atom is 0.123 e. The molecular formula is C17H22FN3. The minimum atomic E-state index is -0.162. The van der Waals surface area contributed by atoms with Crippen molar-refractivity contribution in [2.24, 2.45) is 13.0 Å². The molecule has 2 heterocycles. The predicted molar refractivity (Wildman–Crippen MR) is 81.3 cm³/mol. The molecule has 1 atom stereocenters. The van der Waals surface area contributed by atoms with Crippen molar-refractivity contribution in [3.63, 3.8) is 0 Å². The second kappa shape index (κ2) is 6.39. The number of benzene rings is 1. The highest BCUT2D eigenvalue weighted by molar-refractivity contribution is 5.16. The van der Waals surface area contributed by atoms with E-state index < -0.39 is 0 Å². The summed E-state index contributed by atoms with van der Waals surface area (Å²) in [5.41, 5.74) is 1.19. The lowest BCUT2D eigenvalue weighted by Gasteiger charge is -2.32. The van der Waals surface area contributed by atoms with Crippen molar-refractivity contribution in [2.45, 2.75) is 25.8 Å². The molecule has 3 rings (SSSR count). The van der Waals surface area contributed by atoms with Gasteiger partial charge in [0, 0.05) is 39.0 Å². The summed E-state index contributed by atoms with van der Waals surface area (Å²) in [5.74, 6) is 1.67. The summed E-state index contributed by atoms with van der Waals surface area (Å²) in [7, 11) is 2.06. The number of piperidine rings is 1. The summed E-state index contributed by atoms with van der Waals surface area (Å²) in [6.07, 6.45) is 7.43. The smallest absolute Gasteiger partial charge is 0.123 e. The van der Waals surface area contributed by atoms with Crippen molar-refractivity contribution in [3.05, 3.63) is 53.9 Å². The number of rotatable bonds is 4. The Balaban J connectivity index is 1.58. The van der Waals surface area contributed by atoms with Crippen LogP contribution in [-0.2, 0) is 20.0 Å². The van der Waals surface area contributed by atoms with Gasteiger partial charge >= 0.3 is 0 Å². The van der Waals surface area contributed by atoms with Crippen LogP contribution in [0.2, 0.25) is 0 Å². The lowest BCUT2D eigenvalue weighted by atomic mass is 9.94. The molecule has 0 bridgehead atoms. The van der Waals surface area contributed by atoms with Crippen LogP contribution in [0.15, 0.2) is 36.7 Å². The first-order valence-corrected chi connectivity index (χ1v) is 7.64. The number of aryl methyl sites for hydroxylation is 1. The normalized spacial score (nSPS) is 19.8. The van der Waals surface area contributed by atoms with Gasteiger partial charge in [-0.3, -0.25) is 4.90 Å². The SMILES string of the molecule is Cn1ccnc1C[C@H]1CCCN(Cc2ccc(F)cc2)C1. The van der Waals surface area contributed by atoms with E-state index in [2.05, 4.69) is 21.5 Å². The van der Waals surface area contributed by atoms with Crippen molar-refractivity contribution in [1.82, 2.24) is 14.5 Å². The summed E-state index contributed by atoms with van der Waals surface area (Å²) >= 11 is 0. The standard InChI is InChI=1S/C17H22FN3/c1-20-10-8-19-17(20)11-15-3-2-9-21(13-15)12-14-4-6-16(18)7-5-14/h4-8,10,15H,2-3,9,11-13H2,1H3/t15-/m1/s1. The molecule has 0 spiro atoms. The van der Waals surface area contributed by atoms with E-state index in [1.54, 1.807) is 12.1 Å². The molecule has 1 aromatic carbocycles. The summed E-state index contributed by atoms with van der Waals surface area (Å²) < 4.78 is 15.1. The molecule has 1 aromatic heterocycles. The number of hydrogen-bond acceptors (Lipinski definition) is 2. The van der Waals surface area contributed by atoms with Crippen molar-refractivity contribution in [2.75, 3.05) is 13.1 Å². The van der Waals surface area contributed by atoms with Crippen LogP contribution in [0.3, 0.4) is 0 Å². The Labute approximate surface area is 125 Å². The first-order chi connectivity index (χ1) is 10.2. The average molecular weight is 287 g/mol. The molecular weight excluding hydrogens is 265 g/mol. The second-order valence-corrected chi connectivity index (χ2v) is 6.03. The van der Waals surface area contributed by atoms with Crippen LogP contribution < -0.4 is 0 Å². The zero-order valence-corrected chi connectivity index (χ0v) is 12.5. The van der Waals surface area contributed by atoms with Crippen LogP contribution in [0, 0.1) is 11.7 Å². The van der Waals surface area contributed by atoms with Gasteiger partial charge in [0.15, 0.2) is 0 Å². The monoisotopic (exact) mass is 287 g/mol. The fraction of sp³-hybridized carbons (Fsp3) is 0.471. The van der Waals surface area contributed by atoms with Gasteiger partial charge in [-0.2, -0.15) is 0 Å². The number of aromatic nitrogens is 2. The van der Waals surface area contributed by atoms with Gasteiger partial charge in [-0.25, -0.2) is 9.37 Å². The molecule has 0 radical (unpaired) electrons. The quantitative estimate of drug-likeness (QED) is 0.862. The van der Waals surface area contributed by atoms with Gasteiger partial charge in [-0.15, -0.1) is 0 Å². The number of likely N-dealkylation sites (tertiary alicyclic amines) is 1. The van der Waals surface area contributed by atoms with E-state index in [4.69, 9.17) is 0 Å². The third kappa shape index (κ3) is 3.70. The van der Waals surface area contributed by atoms with E-state index >= 15 is 0 Å². The molecule has 21 heavy (non-hydrogen) atoms. The molecule has 2 aromatic rings. The molecule has 0 N–H and O–H groups in total. The van der Waals surface area contributed by atoms with Crippen LogP contribution in [0.5, 0.6) is 0 Å². The maximum absolute atomic E-state index is 13.0. The Hall–Kier alpha value is -1.68. The van der Waals surface area contributed by atoms with E-state index in [0.29, 0.717) is 5.92 Å². The lowest BCUT2D eigenvalue weighted by Crippen LogP contribution is -2.36. The molecule has 1 fully saturated rings. The summed E-state index contributed by atoms with van der Waals surface area (Å²) in [4.78, 5) is 6.91. The van der Waals surface area contributed by atoms with Crippen LogP contribution in [0.25, 0.3) is 0 Å². The molecule has 4 heteroatoms. The van der Waals surface area contributed by atoms with Crippen LogP contribution in [-0.4, -0.2) is 27.5 Å². The molecule has 112 valence electrons. The highest BCUT2D eigenvalue weighted by Crippen LogP contribution is 2.21. The van der Waals surface area contributed by atoms with Gasteiger partial charge < -0.3 is 4.57 Å². The largest absolute Gasteiger partial charge is 0.338 e. The van der Waals surface area contributed by atoms with Crippen molar-refractivity contribution in [3.8, 4) is 0 Å². The third-order valence-corrected chi connectivity index (χ3v) is 4.31. The van der Waals surface area contributed by atoms with Crippen molar-refractivity contribution in [1.29, 1.82) is 0 Å². The molecule has 1 aliphatic heterocycles. The Morgan fingerprint density at radius 2 is 2.10 bits per heavy atom. The van der Waals surface area contributed by atoms with E-state index in [9.17, 15) is 4.39 Å².